The van der Waals surface area contributed by atoms with Crippen molar-refractivity contribution < 1.29 is 28.4 Å². The molecule has 0 fully saturated rings. The largest absolute Gasteiger partial charge is 0.465 e. The average Bonchev–Trinajstić information content (AvgIpc) is 2.61. The van der Waals surface area contributed by atoms with Crippen molar-refractivity contribution in [3.05, 3.63) is 64.7 Å². The van der Waals surface area contributed by atoms with Crippen LogP contribution in [0.25, 0.3) is 0 Å². The van der Waals surface area contributed by atoms with E-state index in [9.17, 15) is 18.4 Å². The van der Waals surface area contributed by atoms with Crippen LogP contribution in [-0.2, 0) is 9.53 Å². The Balaban J connectivity index is 1.99. The number of esters is 1. The molecule has 1 amide bonds. The summed E-state index contributed by atoms with van der Waals surface area (Å²) in [6, 6.07) is 7.88. The van der Waals surface area contributed by atoms with Gasteiger partial charge in [0.1, 0.15) is 17.7 Å². The number of nitrogens with two attached hydrogens (primary N) is 1. The second-order valence-electron chi connectivity index (χ2n) is 5.96. The number of nitrogens with one attached hydrogen (secondary N) is 1. The van der Waals surface area contributed by atoms with E-state index in [1.807, 2.05) is 0 Å². The molecule has 138 valence electrons. The summed E-state index contributed by atoms with van der Waals surface area (Å²) in [5.74, 6) is -2.08. The zero-order valence-corrected chi connectivity index (χ0v) is 14.8. The lowest BCUT2D eigenvalue weighted by Crippen LogP contribution is -2.86. The Hall–Kier alpha value is -2.80. The van der Waals surface area contributed by atoms with Crippen molar-refractivity contribution in [2.75, 3.05) is 19.0 Å². The van der Waals surface area contributed by atoms with Crippen LogP contribution in [-0.4, -0.2) is 25.5 Å². The predicted octanol–water partition coefficient (Wildman–Crippen LogP) is 2.32. The number of carbonyl (C=O) groups is 2. The minimum atomic E-state index is -0.643. The molecular weight excluding hydrogens is 342 g/mol. The third-order valence-corrected chi connectivity index (χ3v) is 4.04. The fourth-order valence-electron chi connectivity index (χ4n) is 2.48. The van der Waals surface area contributed by atoms with Crippen molar-refractivity contribution in [3.63, 3.8) is 0 Å². The van der Waals surface area contributed by atoms with E-state index in [4.69, 9.17) is 0 Å². The highest BCUT2D eigenvalue weighted by molar-refractivity contribution is 5.95. The van der Waals surface area contributed by atoms with Gasteiger partial charge in [-0.25, -0.2) is 13.6 Å². The van der Waals surface area contributed by atoms with Gasteiger partial charge in [0.05, 0.1) is 12.7 Å². The Morgan fingerprint density at radius 1 is 1.19 bits per heavy atom. The first-order chi connectivity index (χ1) is 12.3. The number of rotatable bonds is 6. The lowest BCUT2D eigenvalue weighted by molar-refractivity contribution is -0.682. The molecule has 0 saturated heterocycles. The van der Waals surface area contributed by atoms with Gasteiger partial charge in [-0.1, -0.05) is 6.07 Å². The molecule has 2 rings (SSSR count). The van der Waals surface area contributed by atoms with Gasteiger partial charge in [-0.15, -0.1) is 0 Å². The highest BCUT2D eigenvalue weighted by Gasteiger charge is 2.17. The molecule has 0 spiro atoms. The summed E-state index contributed by atoms with van der Waals surface area (Å²) >= 11 is 0. The smallest absolute Gasteiger partial charge is 0.337 e. The molecule has 0 radical (unpaired) electrons. The maximum atomic E-state index is 13.8. The molecule has 5 nitrogen and oxygen atoms in total. The van der Waals surface area contributed by atoms with E-state index < -0.39 is 17.6 Å². The molecule has 0 aliphatic carbocycles. The standard InChI is InChI=1S/C19H20F2N2O3/c1-11-4-5-13(19(25)26-3)8-17(11)23-18(24)10-22-12(2)15-7-6-14(20)9-16(15)21/h4-9,12,22H,10H2,1-3H3,(H,23,24)/p+1/t12-/m1/s1. The second kappa shape index (κ2) is 8.53. The Bertz CT molecular complexity index is 824. The minimum absolute atomic E-state index is 0.0415. The monoisotopic (exact) mass is 363 g/mol. The number of quaternary nitrogens is 1. The molecule has 0 saturated carbocycles. The van der Waals surface area contributed by atoms with Crippen molar-refractivity contribution in [2.24, 2.45) is 0 Å². The number of benzene rings is 2. The topological polar surface area (TPSA) is 72.0 Å². The van der Waals surface area contributed by atoms with Crippen molar-refractivity contribution in [2.45, 2.75) is 19.9 Å². The fraction of sp³-hybridized carbons (Fsp3) is 0.263. The summed E-state index contributed by atoms with van der Waals surface area (Å²) in [7, 11) is 1.28. The highest BCUT2D eigenvalue weighted by atomic mass is 19.1. The molecule has 0 aliphatic rings. The van der Waals surface area contributed by atoms with Crippen LogP contribution in [0.4, 0.5) is 14.5 Å². The summed E-state index contributed by atoms with van der Waals surface area (Å²) < 4.78 is 31.4. The molecule has 0 heterocycles. The number of carbonyl (C=O) groups excluding carboxylic acids is 2. The fourth-order valence-corrected chi connectivity index (χ4v) is 2.48. The predicted molar refractivity (Wildman–Crippen MR) is 92.7 cm³/mol. The molecule has 2 aromatic carbocycles. The van der Waals surface area contributed by atoms with Crippen molar-refractivity contribution in [1.82, 2.24) is 0 Å². The molecule has 0 aliphatic heterocycles. The van der Waals surface area contributed by atoms with Gasteiger partial charge in [-0.3, -0.25) is 4.79 Å². The van der Waals surface area contributed by atoms with Crippen LogP contribution in [0, 0.1) is 18.6 Å². The van der Waals surface area contributed by atoms with Crippen molar-refractivity contribution in [3.8, 4) is 0 Å². The third-order valence-electron chi connectivity index (χ3n) is 4.04. The maximum absolute atomic E-state index is 13.8. The van der Waals surface area contributed by atoms with Gasteiger partial charge in [0, 0.05) is 17.3 Å². The number of methoxy groups -OCH3 is 1. The number of hydrogen-bond donors (Lipinski definition) is 2. The molecule has 3 N–H and O–H groups in total. The Labute approximate surface area is 150 Å². The van der Waals surface area contributed by atoms with Crippen LogP contribution in [0.1, 0.15) is 34.5 Å². The van der Waals surface area contributed by atoms with Crippen LogP contribution in [0.5, 0.6) is 0 Å². The van der Waals surface area contributed by atoms with Gasteiger partial charge in [0.2, 0.25) is 0 Å². The molecule has 0 bridgehead atoms. The molecule has 7 heteroatoms. The quantitative estimate of drug-likeness (QED) is 0.774. The molecule has 2 aromatic rings. The average molecular weight is 363 g/mol. The van der Waals surface area contributed by atoms with Crippen molar-refractivity contribution in [1.29, 1.82) is 0 Å². The van der Waals surface area contributed by atoms with Gasteiger partial charge in [-0.05, 0) is 43.7 Å². The second-order valence-corrected chi connectivity index (χ2v) is 5.96. The molecule has 0 unspecified atom stereocenters. The van der Waals surface area contributed by atoms with Crippen molar-refractivity contribution >= 4 is 17.6 Å². The zero-order chi connectivity index (χ0) is 19.3. The number of hydrogen-bond acceptors (Lipinski definition) is 3. The van der Waals surface area contributed by atoms with E-state index in [0.717, 1.165) is 11.6 Å². The zero-order valence-electron chi connectivity index (χ0n) is 14.8. The van der Waals surface area contributed by atoms with Crippen LogP contribution in [0.3, 0.4) is 0 Å². The highest BCUT2D eigenvalue weighted by Crippen LogP contribution is 2.18. The van der Waals surface area contributed by atoms with E-state index in [2.05, 4.69) is 10.1 Å². The number of amides is 1. The molecule has 1 atom stereocenters. The van der Waals surface area contributed by atoms with E-state index in [1.165, 1.54) is 19.2 Å². The van der Waals surface area contributed by atoms with E-state index in [1.54, 1.807) is 37.4 Å². The maximum Gasteiger partial charge on any atom is 0.337 e. The van der Waals surface area contributed by atoms with E-state index in [-0.39, 0.29) is 18.5 Å². The molecular formula is C19H21F2N2O3+. The number of anilines is 1. The van der Waals surface area contributed by atoms with Crippen LogP contribution < -0.4 is 10.6 Å². The number of aryl methyl sites for hydroxylation is 1. The summed E-state index contributed by atoms with van der Waals surface area (Å²) in [5.41, 5.74) is 1.96. The van der Waals surface area contributed by atoms with Crippen LogP contribution in [0.2, 0.25) is 0 Å². The lowest BCUT2D eigenvalue weighted by atomic mass is 10.1. The Morgan fingerprint density at radius 3 is 2.58 bits per heavy atom. The first-order valence-corrected chi connectivity index (χ1v) is 8.09. The lowest BCUT2D eigenvalue weighted by Gasteiger charge is -2.13. The SMILES string of the molecule is COC(=O)c1ccc(C)c(NC(=O)C[NH2+][C@H](C)c2ccc(F)cc2F)c1. The number of ether oxygens (including phenoxy) is 1. The van der Waals surface area contributed by atoms with Crippen LogP contribution >= 0.6 is 0 Å². The molecule has 26 heavy (non-hydrogen) atoms. The summed E-state index contributed by atoms with van der Waals surface area (Å²) in [6.45, 7) is 3.57. The van der Waals surface area contributed by atoms with Gasteiger partial charge in [0.15, 0.2) is 6.54 Å². The van der Waals surface area contributed by atoms with Crippen LogP contribution in [0.15, 0.2) is 36.4 Å². The Kier molecular flexibility index (Phi) is 6.41. The first-order valence-electron chi connectivity index (χ1n) is 8.09. The molecule has 0 aromatic heterocycles. The van der Waals surface area contributed by atoms with E-state index >= 15 is 0 Å². The summed E-state index contributed by atoms with van der Waals surface area (Å²) in [4.78, 5) is 23.8. The van der Waals surface area contributed by atoms with Gasteiger partial charge in [0.25, 0.3) is 5.91 Å². The van der Waals surface area contributed by atoms with Gasteiger partial charge >= 0.3 is 5.97 Å². The summed E-state index contributed by atoms with van der Waals surface area (Å²) in [5, 5.41) is 4.37. The van der Waals surface area contributed by atoms with Gasteiger partial charge < -0.3 is 15.4 Å². The minimum Gasteiger partial charge on any atom is -0.465 e. The normalized spacial score (nSPS) is 11.7. The Morgan fingerprint density at radius 2 is 1.92 bits per heavy atom. The summed E-state index contributed by atoms with van der Waals surface area (Å²) in [6.07, 6.45) is 0. The third kappa shape index (κ3) is 4.86. The first kappa shape index (κ1) is 19.5. The van der Waals surface area contributed by atoms with Gasteiger partial charge in [-0.2, -0.15) is 0 Å². The number of halogens is 2. The van der Waals surface area contributed by atoms with E-state index in [0.29, 0.717) is 16.8 Å².